The molecule has 0 aliphatic carbocycles. The fraction of sp³-hybridized carbons (Fsp3) is 0. The van der Waals surface area contributed by atoms with Crippen LogP contribution in [0, 0.1) is 5.82 Å². The zero-order valence-electron chi connectivity index (χ0n) is 7.98. The second-order valence-corrected chi connectivity index (χ2v) is 3.82. The summed E-state index contributed by atoms with van der Waals surface area (Å²) in [6.07, 6.45) is -1.17. The number of nitrogens with zero attached hydrogens (tertiary/aromatic N) is 1. The second-order valence-electron chi connectivity index (χ2n) is 2.97. The maximum Gasteiger partial charge on any atom is 0.410 e. The minimum atomic E-state index is -1.17. The van der Waals surface area contributed by atoms with Gasteiger partial charge in [0.1, 0.15) is 5.82 Å². The van der Waals surface area contributed by atoms with Crippen LogP contribution in [0.2, 0.25) is 0 Å². The van der Waals surface area contributed by atoms with Gasteiger partial charge in [-0.3, -0.25) is 5.32 Å². The van der Waals surface area contributed by atoms with E-state index in [9.17, 15) is 9.18 Å². The first kappa shape index (κ1) is 10.6. The van der Waals surface area contributed by atoms with Gasteiger partial charge in [0.15, 0.2) is 5.82 Å². The van der Waals surface area contributed by atoms with E-state index >= 15 is 0 Å². The third kappa shape index (κ3) is 2.17. The number of hydrogen-bond acceptors (Lipinski definition) is 3. The van der Waals surface area contributed by atoms with E-state index in [1.807, 2.05) is 0 Å². The summed E-state index contributed by atoms with van der Waals surface area (Å²) in [5, 5.41) is 10.8. The average molecular weight is 238 g/mol. The first-order valence-electron chi connectivity index (χ1n) is 4.36. The van der Waals surface area contributed by atoms with E-state index in [1.165, 1.54) is 29.0 Å². The van der Waals surface area contributed by atoms with Gasteiger partial charge in [0.25, 0.3) is 0 Å². The lowest BCUT2D eigenvalue weighted by atomic mass is 10.2. The summed E-state index contributed by atoms with van der Waals surface area (Å²) in [6, 6.07) is 5.80. The lowest BCUT2D eigenvalue weighted by Gasteiger charge is -2.01. The summed E-state index contributed by atoms with van der Waals surface area (Å²) in [6.45, 7) is 0. The number of carboxylic acid groups (broad SMARTS) is 1. The van der Waals surface area contributed by atoms with E-state index in [0.29, 0.717) is 4.88 Å². The molecule has 2 N–H and O–H groups in total. The molecule has 0 atom stereocenters. The lowest BCUT2D eigenvalue weighted by Crippen LogP contribution is -2.08. The predicted molar refractivity (Wildman–Crippen MR) is 59.2 cm³/mol. The van der Waals surface area contributed by atoms with Crippen LogP contribution in [0.5, 0.6) is 0 Å². The number of nitrogens with one attached hydrogen (secondary N) is 1. The lowest BCUT2D eigenvalue weighted by molar-refractivity contribution is 0.209. The zero-order chi connectivity index (χ0) is 11.5. The van der Waals surface area contributed by atoms with E-state index in [-0.39, 0.29) is 11.6 Å². The van der Waals surface area contributed by atoms with Gasteiger partial charge in [-0.25, -0.2) is 14.2 Å². The molecular weight excluding hydrogens is 231 g/mol. The molecule has 0 aliphatic heterocycles. The van der Waals surface area contributed by atoms with Crippen LogP contribution in [0.1, 0.15) is 0 Å². The number of rotatable bonds is 2. The van der Waals surface area contributed by atoms with Crippen molar-refractivity contribution in [2.75, 3.05) is 5.32 Å². The maximum absolute atomic E-state index is 12.7. The normalized spacial score (nSPS) is 10.1. The van der Waals surface area contributed by atoms with Crippen LogP contribution < -0.4 is 5.32 Å². The highest BCUT2D eigenvalue weighted by molar-refractivity contribution is 7.13. The van der Waals surface area contributed by atoms with E-state index < -0.39 is 6.09 Å². The molecule has 4 nitrogen and oxygen atoms in total. The standard InChI is InChI=1S/C10H7FN2O2S/c11-7-3-1-6(2-4-7)8-9(12-5-16-8)13-10(14)15/h1-5,13H,(H,14,15). The molecule has 0 aliphatic rings. The molecule has 0 fully saturated rings. The molecule has 1 aromatic carbocycles. The van der Waals surface area contributed by atoms with Crippen LogP contribution in [-0.2, 0) is 0 Å². The monoisotopic (exact) mass is 238 g/mol. The number of carbonyl (C=O) groups is 1. The Morgan fingerprint density at radius 2 is 2.06 bits per heavy atom. The van der Waals surface area contributed by atoms with Crippen LogP contribution in [-0.4, -0.2) is 16.2 Å². The molecular formula is C10H7FN2O2S. The van der Waals surface area contributed by atoms with E-state index in [1.54, 1.807) is 12.1 Å². The van der Waals surface area contributed by atoms with Gasteiger partial charge >= 0.3 is 6.09 Å². The first-order valence-corrected chi connectivity index (χ1v) is 5.24. The number of benzene rings is 1. The molecule has 0 saturated carbocycles. The molecule has 1 heterocycles. The fourth-order valence-electron chi connectivity index (χ4n) is 1.24. The molecule has 2 rings (SSSR count). The molecule has 0 radical (unpaired) electrons. The summed E-state index contributed by atoms with van der Waals surface area (Å²) in [5.41, 5.74) is 2.26. The third-order valence-corrected chi connectivity index (χ3v) is 2.77. The molecule has 0 bridgehead atoms. The number of hydrogen-bond donors (Lipinski definition) is 2. The highest BCUT2D eigenvalue weighted by Crippen LogP contribution is 2.31. The van der Waals surface area contributed by atoms with Crippen molar-refractivity contribution in [3.63, 3.8) is 0 Å². The fourth-order valence-corrected chi connectivity index (χ4v) is 1.99. The molecule has 1 aromatic heterocycles. The molecule has 1 amide bonds. The van der Waals surface area contributed by atoms with Crippen LogP contribution in [0.15, 0.2) is 29.8 Å². The minimum Gasteiger partial charge on any atom is -0.465 e. The minimum absolute atomic E-state index is 0.268. The van der Waals surface area contributed by atoms with Gasteiger partial charge in [0.2, 0.25) is 0 Å². The largest absolute Gasteiger partial charge is 0.465 e. The molecule has 82 valence electrons. The Morgan fingerprint density at radius 1 is 1.38 bits per heavy atom. The number of anilines is 1. The molecule has 0 unspecified atom stereocenters. The van der Waals surface area contributed by atoms with Crippen LogP contribution in [0.3, 0.4) is 0 Å². The van der Waals surface area contributed by atoms with Gasteiger partial charge < -0.3 is 5.11 Å². The van der Waals surface area contributed by atoms with Gasteiger partial charge in [-0.1, -0.05) is 12.1 Å². The van der Waals surface area contributed by atoms with Crippen molar-refractivity contribution in [1.29, 1.82) is 0 Å². The number of halogens is 1. The topological polar surface area (TPSA) is 62.2 Å². The highest BCUT2D eigenvalue weighted by atomic mass is 32.1. The van der Waals surface area contributed by atoms with Gasteiger partial charge in [-0.2, -0.15) is 0 Å². The Kier molecular flexibility index (Phi) is 2.82. The Hall–Kier alpha value is -1.95. The quantitative estimate of drug-likeness (QED) is 0.845. The summed E-state index contributed by atoms with van der Waals surface area (Å²) in [7, 11) is 0. The summed E-state index contributed by atoms with van der Waals surface area (Å²) in [4.78, 5) is 15.1. The van der Waals surface area contributed by atoms with Crippen molar-refractivity contribution in [3.8, 4) is 10.4 Å². The van der Waals surface area contributed by atoms with Crippen molar-refractivity contribution in [2.24, 2.45) is 0 Å². The van der Waals surface area contributed by atoms with E-state index in [2.05, 4.69) is 10.3 Å². The van der Waals surface area contributed by atoms with Gasteiger partial charge in [-0.05, 0) is 17.7 Å². The summed E-state index contributed by atoms with van der Waals surface area (Å²) >= 11 is 1.29. The van der Waals surface area contributed by atoms with E-state index in [4.69, 9.17) is 5.11 Å². The van der Waals surface area contributed by atoms with Crippen molar-refractivity contribution in [1.82, 2.24) is 4.98 Å². The van der Waals surface area contributed by atoms with Crippen LogP contribution in [0.25, 0.3) is 10.4 Å². The number of amides is 1. The van der Waals surface area contributed by atoms with Crippen molar-refractivity contribution in [3.05, 3.63) is 35.6 Å². The average Bonchev–Trinajstić information content (AvgIpc) is 2.66. The summed E-state index contributed by atoms with van der Waals surface area (Å²) in [5.74, 6) is -0.0647. The maximum atomic E-state index is 12.7. The van der Waals surface area contributed by atoms with Crippen molar-refractivity contribution >= 4 is 23.2 Å². The Balaban J connectivity index is 2.36. The Morgan fingerprint density at radius 3 is 2.69 bits per heavy atom. The Labute approximate surface area is 94.4 Å². The number of aromatic nitrogens is 1. The SMILES string of the molecule is O=C(O)Nc1ncsc1-c1ccc(F)cc1. The molecule has 16 heavy (non-hydrogen) atoms. The Bertz CT molecular complexity index is 510. The smallest absolute Gasteiger partial charge is 0.410 e. The predicted octanol–water partition coefficient (Wildman–Crippen LogP) is 3.04. The molecule has 2 aromatic rings. The third-order valence-electron chi connectivity index (χ3n) is 1.90. The van der Waals surface area contributed by atoms with Gasteiger partial charge in [0, 0.05) is 0 Å². The highest BCUT2D eigenvalue weighted by Gasteiger charge is 2.10. The molecule has 6 heteroatoms. The number of thiazole rings is 1. The zero-order valence-corrected chi connectivity index (χ0v) is 8.79. The van der Waals surface area contributed by atoms with Gasteiger partial charge in [0.05, 0.1) is 10.4 Å². The molecule has 0 saturated heterocycles. The van der Waals surface area contributed by atoms with Gasteiger partial charge in [-0.15, -0.1) is 11.3 Å². The van der Waals surface area contributed by atoms with E-state index in [0.717, 1.165) is 5.56 Å². The summed E-state index contributed by atoms with van der Waals surface area (Å²) < 4.78 is 12.7. The first-order chi connectivity index (χ1) is 7.66. The second kappa shape index (κ2) is 4.28. The van der Waals surface area contributed by atoms with Crippen LogP contribution >= 0.6 is 11.3 Å². The van der Waals surface area contributed by atoms with Crippen LogP contribution in [0.4, 0.5) is 15.0 Å². The molecule has 0 spiro atoms. The van der Waals surface area contributed by atoms with Crippen molar-refractivity contribution in [2.45, 2.75) is 0 Å². The van der Waals surface area contributed by atoms with Crippen molar-refractivity contribution < 1.29 is 14.3 Å².